The predicted molar refractivity (Wildman–Crippen MR) is 197 cm³/mol. The number of carbonyl (C=O) groups excluding carboxylic acids is 4. The van der Waals surface area contributed by atoms with E-state index in [1.54, 1.807) is 0 Å². The summed E-state index contributed by atoms with van der Waals surface area (Å²) in [4.78, 5) is 56.9. The molecule has 0 aromatic heterocycles. The van der Waals surface area contributed by atoms with Crippen LogP contribution >= 0.6 is 7.82 Å². The van der Waals surface area contributed by atoms with Crippen LogP contribution in [0.5, 0.6) is 0 Å². The highest BCUT2D eigenvalue weighted by molar-refractivity contribution is 7.47. The lowest BCUT2D eigenvalue weighted by atomic mass is 10.1. The van der Waals surface area contributed by atoms with Crippen molar-refractivity contribution >= 4 is 31.8 Å². The van der Waals surface area contributed by atoms with Crippen molar-refractivity contribution in [3.63, 3.8) is 0 Å². The molecule has 0 aromatic carbocycles. The van der Waals surface area contributed by atoms with Gasteiger partial charge in [0.25, 0.3) is 0 Å². The Morgan fingerprint density at radius 3 is 1.78 bits per heavy atom. The van der Waals surface area contributed by atoms with Gasteiger partial charge in [-0.05, 0) is 57.1 Å². The summed E-state index contributed by atoms with van der Waals surface area (Å²) in [6.45, 7) is 1.96. The zero-order valence-electron chi connectivity index (χ0n) is 31.7. The molecule has 0 amide bonds. The molecular weight excluding hydrogens is 661 g/mol. The minimum atomic E-state index is -4.41. The zero-order valence-corrected chi connectivity index (χ0v) is 32.6. The van der Waals surface area contributed by atoms with Crippen molar-refractivity contribution in [2.75, 3.05) is 47.5 Å². The number of rotatable bonds is 35. The second kappa shape index (κ2) is 31.6. The first-order chi connectivity index (χ1) is 23.9. The van der Waals surface area contributed by atoms with Crippen molar-refractivity contribution in [2.45, 2.75) is 148 Å². The van der Waals surface area contributed by atoms with Crippen LogP contribution in [0.4, 0.5) is 0 Å². The first-order valence-corrected chi connectivity index (χ1v) is 20.4. The molecule has 0 saturated heterocycles. The normalized spacial score (nSPS) is 13.8. The Balaban J connectivity index is 4.46. The number of quaternary nitrogens is 1. The molecule has 0 spiro atoms. The lowest BCUT2D eigenvalue weighted by molar-refractivity contribution is -0.870. The SMILES string of the molecule is CCCCCCCC/C=C\CCCCCCCC(=O)OC[C@H](COP(=O)(O)OCC[N+](C)(C)C)OC(=O)CCCCCCCC(=O)/C=C/C=O. The van der Waals surface area contributed by atoms with Crippen molar-refractivity contribution in [3.8, 4) is 0 Å². The molecule has 2 atom stereocenters. The predicted octanol–water partition coefficient (Wildman–Crippen LogP) is 8.37. The van der Waals surface area contributed by atoms with Gasteiger partial charge in [-0.25, -0.2) is 4.57 Å². The molecular formula is C38H69NO10P+. The Labute approximate surface area is 302 Å². The van der Waals surface area contributed by atoms with Crippen molar-refractivity contribution in [3.05, 3.63) is 24.3 Å². The van der Waals surface area contributed by atoms with E-state index >= 15 is 0 Å². The number of unbranched alkanes of at least 4 members (excludes halogenated alkanes) is 15. The first kappa shape index (κ1) is 47.8. The summed E-state index contributed by atoms with van der Waals surface area (Å²) in [6.07, 6.45) is 26.1. The van der Waals surface area contributed by atoms with E-state index in [-0.39, 0.29) is 31.8 Å². The van der Waals surface area contributed by atoms with E-state index in [1.807, 2.05) is 21.1 Å². The fourth-order valence-electron chi connectivity index (χ4n) is 4.93. The molecule has 50 heavy (non-hydrogen) atoms. The highest BCUT2D eigenvalue weighted by Gasteiger charge is 2.27. The van der Waals surface area contributed by atoms with Gasteiger partial charge in [0.05, 0.1) is 27.7 Å². The number of ketones is 1. The Bertz CT molecular complexity index is 1010. The Kier molecular flexibility index (Phi) is 30.2. The quantitative estimate of drug-likeness (QED) is 0.0129. The second-order valence-corrected chi connectivity index (χ2v) is 15.4. The largest absolute Gasteiger partial charge is 0.472 e. The van der Waals surface area contributed by atoms with Gasteiger partial charge in [0.1, 0.15) is 26.0 Å². The number of hydrogen-bond donors (Lipinski definition) is 1. The van der Waals surface area contributed by atoms with Crippen molar-refractivity contribution in [2.24, 2.45) is 0 Å². The molecule has 0 aromatic rings. The average Bonchev–Trinajstić information content (AvgIpc) is 3.05. The van der Waals surface area contributed by atoms with E-state index < -0.39 is 32.5 Å². The standard InChI is InChI=1S/C38H68NO10P/c1-5-6-7-8-9-10-11-12-13-14-15-16-17-20-23-28-37(42)46-33-36(34-48-50(44,45)47-32-30-39(2,3)4)49-38(43)29-24-21-18-19-22-26-35(41)27-25-31-40/h12-13,25,27,31,36H,5-11,14-24,26,28-30,32-34H2,1-4H3/p+1/b13-12-,27-25+/t36-/m1/s1. The lowest BCUT2D eigenvalue weighted by Crippen LogP contribution is -2.37. The fraction of sp³-hybridized carbons (Fsp3) is 0.789. The van der Waals surface area contributed by atoms with Gasteiger partial charge in [-0.1, -0.05) is 89.7 Å². The zero-order chi connectivity index (χ0) is 37.4. The van der Waals surface area contributed by atoms with E-state index in [4.69, 9.17) is 18.5 Å². The Morgan fingerprint density at radius 1 is 0.700 bits per heavy atom. The summed E-state index contributed by atoms with van der Waals surface area (Å²) < 4.78 is 33.9. The van der Waals surface area contributed by atoms with Gasteiger partial charge in [-0.2, -0.15) is 0 Å². The van der Waals surface area contributed by atoms with Crippen LogP contribution in [0.1, 0.15) is 142 Å². The molecule has 0 rings (SSSR count). The third-order valence-electron chi connectivity index (χ3n) is 7.98. The van der Waals surface area contributed by atoms with Gasteiger partial charge in [0, 0.05) is 19.3 Å². The molecule has 0 heterocycles. The van der Waals surface area contributed by atoms with Gasteiger partial charge in [-0.3, -0.25) is 28.2 Å². The maximum atomic E-state index is 12.5. The van der Waals surface area contributed by atoms with E-state index in [2.05, 4.69) is 19.1 Å². The summed E-state index contributed by atoms with van der Waals surface area (Å²) >= 11 is 0. The summed E-state index contributed by atoms with van der Waals surface area (Å²) in [6, 6.07) is 0. The third-order valence-corrected chi connectivity index (χ3v) is 8.96. The van der Waals surface area contributed by atoms with Crippen molar-refractivity contribution in [1.82, 2.24) is 0 Å². The molecule has 0 aliphatic heterocycles. The first-order valence-electron chi connectivity index (χ1n) is 19.0. The molecule has 0 saturated carbocycles. The number of esters is 2. The van der Waals surface area contributed by atoms with Gasteiger partial charge in [0.2, 0.25) is 0 Å². The molecule has 1 N–H and O–H groups in total. The molecule has 11 nitrogen and oxygen atoms in total. The van der Waals surface area contributed by atoms with Crippen LogP contribution in [-0.4, -0.2) is 87.0 Å². The number of hydrogen-bond acceptors (Lipinski definition) is 9. The smallest absolute Gasteiger partial charge is 0.462 e. The van der Waals surface area contributed by atoms with E-state index in [1.165, 1.54) is 57.1 Å². The Morgan fingerprint density at radius 2 is 1.22 bits per heavy atom. The minimum Gasteiger partial charge on any atom is -0.462 e. The molecule has 0 aliphatic rings. The topological polar surface area (TPSA) is 142 Å². The van der Waals surface area contributed by atoms with Crippen LogP contribution in [0.15, 0.2) is 24.3 Å². The number of aldehydes is 1. The van der Waals surface area contributed by atoms with Gasteiger partial charge in [0.15, 0.2) is 11.9 Å². The number of ether oxygens (including phenoxy) is 2. The van der Waals surface area contributed by atoms with E-state index in [0.717, 1.165) is 51.4 Å². The number of nitrogens with zero attached hydrogens (tertiary/aromatic N) is 1. The van der Waals surface area contributed by atoms with Crippen LogP contribution in [0.2, 0.25) is 0 Å². The molecule has 0 radical (unpaired) electrons. The van der Waals surface area contributed by atoms with Crippen LogP contribution < -0.4 is 0 Å². The fourth-order valence-corrected chi connectivity index (χ4v) is 5.67. The monoisotopic (exact) mass is 730 g/mol. The van der Waals surface area contributed by atoms with Crippen LogP contribution in [0.25, 0.3) is 0 Å². The minimum absolute atomic E-state index is 0.00369. The highest BCUT2D eigenvalue weighted by atomic mass is 31.2. The maximum Gasteiger partial charge on any atom is 0.472 e. The number of allylic oxidation sites excluding steroid dienone is 4. The molecule has 1 unspecified atom stereocenters. The molecule has 0 bridgehead atoms. The van der Waals surface area contributed by atoms with Crippen LogP contribution in [0, 0.1) is 0 Å². The molecule has 290 valence electrons. The maximum absolute atomic E-state index is 12.5. The third kappa shape index (κ3) is 34.3. The summed E-state index contributed by atoms with van der Waals surface area (Å²) in [7, 11) is 1.35. The van der Waals surface area contributed by atoms with Crippen molar-refractivity contribution in [1.29, 1.82) is 0 Å². The number of likely N-dealkylation sites (N-methyl/N-ethyl adjacent to an activating group) is 1. The van der Waals surface area contributed by atoms with Gasteiger partial charge >= 0.3 is 19.8 Å². The number of phosphoric ester groups is 1. The second-order valence-electron chi connectivity index (χ2n) is 14.0. The van der Waals surface area contributed by atoms with Gasteiger partial charge in [-0.15, -0.1) is 0 Å². The summed E-state index contributed by atoms with van der Waals surface area (Å²) in [5, 5.41) is 0. The average molecular weight is 731 g/mol. The summed E-state index contributed by atoms with van der Waals surface area (Å²) in [5.74, 6) is -1.04. The molecule has 0 fully saturated rings. The lowest BCUT2D eigenvalue weighted by Gasteiger charge is -2.24. The van der Waals surface area contributed by atoms with Gasteiger partial charge < -0.3 is 18.9 Å². The van der Waals surface area contributed by atoms with Crippen molar-refractivity contribution < 1.29 is 51.6 Å². The van der Waals surface area contributed by atoms with Crippen LogP contribution in [0.3, 0.4) is 0 Å². The van der Waals surface area contributed by atoms with E-state index in [0.29, 0.717) is 43.0 Å². The van der Waals surface area contributed by atoms with Crippen LogP contribution in [-0.2, 0) is 42.3 Å². The Hall–Kier alpha value is -2.17. The molecule has 12 heteroatoms. The highest BCUT2D eigenvalue weighted by Crippen LogP contribution is 2.43. The van der Waals surface area contributed by atoms with E-state index in [9.17, 15) is 28.6 Å². The number of carbonyl (C=O) groups is 4. The molecule has 0 aliphatic carbocycles. The number of phosphoric acid groups is 1. The summed E-state index contributed by atoms with van der Waals surface area (Å²) in [5.41, 5.74) is 0.